The fraction of sp³-hybridized carbons (Fsp3) is 0.462. The summed E-state index contributed by atoms with van der Waals surface area (Å²) in [5, 5.41) is 8.21. The van der Waals surface area contributed by atoms with Crippen molar-refractivity contribution in [2.45, 2.75) is 31.9 Å². The maximum atomic E-state index is 11.4. The van der Waals surface area contributed by atoms with Crippen molar-refractivity contribution in [3.8, 4) is 0 Å². The molecule has 6 nitrogen and oxygen atoms in total. The number of halogens is 3. The average Bonchev–Trinajstić information content (AvgIpc) is 2.43. The Morgan fingerprint density at radius 3 is 2.45 bits per heavy atom. The molecule has 2 aromatic rings. The molecule has 0 aliphatic rings. The predicted octanol–water partition coefficient (Wildman–Crippen LogP) is 2.29. The Kier molecular flexibility index (Phi) is 6.77. The minimum Gasteiger partial charge on any atom is -0.396 e. The number of aliphatic hydroxyl groups is 1. The Balaban J connectivity index is 0.000000225. The third kappa shape index (κ3) is 6.53. The van der Waals surface area contributed by atoms with Crippen LogP contribution in [0.25, 0.3) is 11.0 Å². The Bertz CT molecular complexity index is 591. The van der Waals surface area contributed by atoms with Crippen molar-refractivity contribution in [1.29, 1.82) is 0 Å². The number of nitrogen functional groups attached to an aromatic ring is 2. The second kappa shape index (κ2) is 8.32. The average molecular weight is 317 g/mol. The highest BCUT2D eigenvalue weighted by molar-refractivity contribution is 5.84. The van der Waals surface area contributed by atoms with Gasteiger partial charge >= 0.3 is 6.18 Å². The van der Waals surface area contributed by atoms with Crippen LogP contribution < -0.4 is 11.5 Å². The first-order chi connectivity index (χ1) is 10.3. The second-order valence-electron chi connectivity index (χ2n) is 4.49. The summed E-state index contributed by atoms with van der Waals surface area (Å²) in [6.45, 7) is -0.0160. The van der Waals surface area contributed by atoms with E-state index in [2.05, 4.69) is 15.0 Å². The van der Waals surface area contributed by atoms with Crippen LogP contribution in [0.5, 0.6) is 0 Å². The van der Waals surface area contributed by atoms with Gasteiger partial charge in [0.05, 0.1) is 5.52 Å². The number of nitrogens with two attached hydrogens (primary N) is 2. The number of alkyl halides is 3. The SMILES string of the molecule is Nc1nc(N)c2ncccc2n1.OCCCCCC(F)(F)F. The van der Waals surface area contributed by atoms with Crippen LogP contribution in [0.2, 0.25) is 0 Å². The summed E-state index contributed by atoms with van der Waals surface area (Å²) in [6.07, 6.45) is -2.07. The fourth-order valence-electron chi connectivity index (χ4n) is 1.62. The first-order valence-corrected chi connectivity index (χ1v) is 6.65. The fourth-order valence-corrected chi connectivity index (χ4v) is 1.62. The highest BCUT2D eigenvalue weighted by Crippen LogP contribution is 2.22. The van der Waals surface area contributed by atoms with Crippen molar-refractivity contribution in [3.05, 3.63) is 18.3 Å². The summed E-state index contributed by atoms with van der Waals surface area (Å²) >= 11 is 0. The summed E-state index contributed by atoms with van der Waals surface area (Å²) in [5.41, 5.74) is 12.2. The predicted molar refractivity (Wildman–Crippen MR) is 77.8 cm³/mol. The molecule has 5 N–H and O–H groups in total. The molecule has 0 amide bonds. The van der Waals surface area contributed by atoms with Crippen molar-refractivity contribution in [3.63, 3.8) is 0 Å². The Labute approximate surface area is 125 Å². The lowest BCUT2D eigenvalue weighted by Gasteiger charge is -2.03. The number of nitrogens with zero attached hydrogens (tertiary/aromatic N) is 3. The molecule has 0 aliphatic carbocycles. The number of aromatic nitrogens is 3. The maximum absolute atomic E-state index is 11.4. The van der Waals surface area contributed by atoms with Gasteiger partial charge in [0.25, 0.3) is 0 Å². The first-order valence-electron chi connectivity index (χ1n) is 6.65. The second-order valence-corrected chi connectivity index (χ2v) is 4.49. The molecule has 2 rings (SSSR count). The molecular formula is C13H18F3N5O. The van der Waals surface area contributed by atoms with Gasteiger partial charge in [0.15, 0.2) is 5.82 Å². The lowest BCUT2D eigenvalue weighted by atomic mass is 10.2. The van der Waals surface area contributed by atoms with Crippen LogP contribution in [-0.4, -0.2) is 32.8 Å². The van der Waals surface area contributed by atoms with Crippen molar-refractivity contribution in [2.24, 2.45) is 0 Å². The van der Waals surface area contributed by atoms with Gasteiger partial charge in [-0.3, -0.25) is 4.98 Å². The van der Waals surface area contributed by atoms with Gasteiger partial charge in [-0.15, -0.1) is 0 Å². The van der Waals surface area contributed by atoms with Gasteiger partial charge in [-0.25, -0.2) is 4.98 Å². The zero-order chi connectivity index (χ0) is 16.6. The quantitative estimate of drug-likeness (QED) is 0.746. The van der Waals surface area contributed by atoms with Crippen molar-refractivity contribution in [1.82, 2.24) is 15.0 Å². The van der Waals surface area contributed by atoms with Crippen LogP contribution >= 0.6 is 0 Å². The highest BCUT2D eigenvalue weighted by atomic mass is 19.4. The number of anilines is 2. The molecule has 0 saturated heterocycles. The number of hydrogen-bond donors (Lipinski definition) is 3. The minimum atomic E-state index is -4.03. The van der Waals surface area contributed by atoms with Crippen molar-refractivity contribution in [2.75, 3.05) is 18.1 Å². The van der Waals surface area contributed by atoms with E-state index in [9.17, 15) is 13.2 Å². The molecule has 0 aliphatic heterocycles. The number of fused-ring (bicyclic) bond motifs is 1. The van der Waals surface area contributed by atoms with Gasteiger partial charge in [-0.05, 0) is 25.0 Å². The molecule has 122 valence electrons. The smallest absolute Gasteiger partial charge is 0.389 e. The molecule has 9 heteroatoms. The van der Waals surface area contributed by atoms with E-state index in [1.165, 1.54) is 0 Å². The molecule has 0 spiro atoms. The molecule has 0 unspecified atom stereocenters. The van der Waals surface area contributed by atoms with E-state index in [1.807, 2.05) is 0 Å². The number of aliphatic hydroxyl groups excluding tert-OH is 1. The molecule has 0 aromatic carbocycles. The standard InChI is InChI=1S/C7H7N5.C6H11F3O/c8-6-5-4(2-1-3-10-5)11-7(9)12-6;7-6(8,9)4-2-1-3-5-10/h1-3H,(H4,8,9,11,12);10H,1-5H2. The van der Waals surface area contributed by atoms with E-state index in [1.54, 1.807) is 18.3 Å². The lowest BCUT2D eigenvalue weighted by Crippen LogP contribution is -2.06. The summed E-state index contributed by atoms with van der Waals surface area (Å²) in [6, 6.07) is 3.56. The third-order valence-electron chi connectivity index (χ3n) is 2.62. The van der Waals surface area contributed by atoms with E-state index in [0.717, 1.165) is 0 Å². The third-order valence-corrected chi connectivity index (χ3v) is 2.62. The van der Waals surface area contributed by atoms with Crippen LogP contribution in [0.15, 0.2) is 18.3 Å². The lowest BCUT2D eigenvalue weighted by molar-refractivity contribution is -0.135. The molecule has 2 aromatic heterocycles. The minimum absolute atomic E-state index is 0.0160. The van der Waals surface area contributed by atoms with Crippen molar-refractivity contribution >= 4 is 22.8 Å². The number of hydrogen-bond acceptors (Lipinski definition) is 6. The topological polar surface area (TPSA) is 111 Å². The molecule has 0 atom stereocenters. The molecule has 0 bridgehead atoms. The molecule has 22 heavy (non-hydrogen) atoms. The van der Waals surface area contributed by atoms with Crippen LogP contribution in [0, 0.1) is 0 Å². The number of unbranched alkanes of at least 4 members (excludes halogenated alkanes) is 2. The zero-order valence-electron chi connectivity index (χ0n) is 11.8. The van der Waals surface area contributed by atoms with Crippen LogP contribution in [-0.2, 0) is 0 Å². The molecule has 0 radical (unpaired) electrons. The monoisotopic (exact) mass is 317 g/mol. The molecular weight excluding hydrogens is 299 g/mol. The Morgan fingerprint density at radius 1 is 1.09 bits per heavy atom. The summed E-state index contributed by atoms with van der Waals surface area (Å²) in [7, 11) is 0. The normalized spacial score (nSPS) is 11.1. The molecule has 0 saturated carbocycles. The van der Waals surface area contributed by atoms with Crippen LogP contribution in [0.4, 0.5) is 24.9 Å². The van der Waals surface area contributed by atoms with Gasteiger partial charge in [-0.1, -0.05) is 6.42 Å². The van der Waals surface area contributed by atoms with E-state index in [0.29, 0.717) is 29.7 Å². The van der Waals surface area contributed by atoms with Gasteiger partial charge in [0.2, 0.25) is 5.95 Å². The summed E-state index contributed by atoms with van der Waals surface area (Å²) in [5.74, 6) is 0.492. The highest BCUT2D eigenvalue weighted by Gasteiger charge is 2.25. The Hall–Kier alpha value is -2.16. The molecule has 2 heterocycles. The first kappa shape index (κ1) is 17.9. The van der Waals surface area contributed by atoms with E-state index >= 15 is 0 Å². The van der Waals surface area contributed by atoms with Gasteiger partial charge in [-0.2, -0.15) is 18.2 Å². The van der Waals surface area contributed by atoms with E-state index < -0.39 is 12.6 Å². The number of rotatable bonds is 4. The van der Waals surface area contributed by atoms with Crippen LogP contribution in [0.3, 0.4) is 0 Å². The van der Waals surface area contributed by atoms with Crippen LogP contribution in [0.1, 0.15) is 25.7 Å². The summed E-state index contributed by atoms with van der Waals surface area (Å²) in [4.78, 5) is 11.8. The van der Waals surface area contributed by atoms with Gasteiger partial charge in [0, 0.05) is 19.2 Å². The largest absolute Gasteiger partial charge is 0.396 e. The molecule has 0 fully saturated rings. The van der Waals surface area contributed by atoms with E-state index in [4.69, 9.17) is 16.6 Å². The number of pyridine rings is 1. The van der Waals surface area contributed by atoms with Gasteiger partial charge in [0.1, 0.15) is 5.52 Å². The summed E-state index contributed by atoms with van der Waals surface area (Å²) < 4.78 is 34.3. The maximum Gasteiger partial charge on any atom is 0.389 e. The van der Waals surface area contributed by atoms with Gasteiger partial charge < -0.3 is 16.6 Å². The Morgan fingerprint density at radius 2 is 1.82 bits per heavy atom. The van der Waals surface area contributed by atoms with E-state index in [-0.39, 0.29) is 19.0 Å². The zero-order valence-corrected chi connectivity index (χ0v) is 11.8. The van der Waals surface area contributed by atoms with Crippen molar-refractivity contribution < 1.29 is 18.3 Å².